The quantitative estimate of drug-likeness (QED) is 0.783. The van der Waals surface area contributed by atoms with Gasteiger partial charge in [0.2, 0.25) is 0 Å². The maximum absolute atomic E-state index is 5.74. The Morgan fingerprint density at radius 2 is 2.16 bits per heavy atom. The van der Waals surface area contributed by atoms with Crippen LogP contribution in [-0.4, -0.2) is 27.2 Å². The fourth-order valence-corrected chi connectivity index (χ4v) is 1.99. The molecule has 5 heteroatoms. The molecule has 1 unspecified atom stereocenters. The molecule has 2 heterocycles. The molecule has 0 saturated heterocycles. The molecular formula is C14H23N5. The summed E-state index contributed by atoms with van der Waals surface area (Å²) in [6, 6.07) is 2.36. The number of hydrogen-bond acceptors (Lipinski definition) is 4. The second-order valence-corrected chi connectivity index (χ2v) is 5.38. The van der Waals surface area contributed by atoms with Crippen LogP contribution < -0.4 is 11.1 Å². The van der Waals surface area contributed by atoms with E-state index >= 15 is 0 Å². The van der Waals surface area contributed by atoms with Crippen molar-refractivity contribution in [2.45, 2.75) is 45.6 Å². The molecular weight excluding hydrogens is 238 g/mol. The van der Waals surface area contributed by atoms with E-state index in [0.717, 1.165) is 36.4 Å². The van der Waals surface area contributed by atoms with Gasteiger partial charge in [-0.2, -0.15) is 5.10 Å². The number of nitrogens with two attached hydrogens (primary N) is 1. The van der Waals surface area contributed by atoms with E-state index < -0.39 is 0 Å². The van der Waals surface area contributed by atoms with Gasteiger partial charge in [-0.1, -0.05) is 13.8 Å². The number of nitrogens with zero attached hydrogens (tertiary/aromatic N) is 3. The lowest BCUT2D eigenvalue weighted by Gasteiger charge is -2.08. The fourth-order valence-electron chi connectivity index (χ4n) is 1.99. The van der Waals surface area contributed by atoms with Gasteiger partial charge in [0, 0.05) is 25.0 Å². The zero-order valence-corrected chi connectivity index (χ0v) is 11.9. The molecule has 0 aliphatic carbocycles. The lowest BCUT2D eigenvalue weighted by atomic mass is 10.1. The van der Waals surface area contributed by atoms with Gasteiger partial charge in [-0.05, 0) is 31.7 Å². The van der Waals surface area contributed by atoms with E-state index in [4.69, 9.17) is 5.73 Å². The molecule has 2 aromatic heterocycles. The average molecular weight is 261 g/mol. The van der Waals surface area contributed by atoms with E-state index in [-0.39, 0.29) is 6.04 Å². The Bertz CT molecular complexity index is 530. The van der Waals surface area contributed by atoms with E-state index in [1.165, 1.54) is 0 Å². The number of nitrogens with one attached hydrogen (secondary N) is 1. The molecule has 0 saturated carbocycles. The van der Waals surface area contributed by atoms with Crippen LogP contribution in [0.15, 0.2) is 18.5 Å². The summed E-state index contributed by atoms with van der Waals surface area (Å²) < 4.78 is 1.89. The molecule has 0 radical (unpaired) electrons. The summed E-state index contributed by atoms with van der Waals surface area (Å²) in [5.74, 6) is 1.32. The predicted molar refractivity (Wildman–Crippen MR) is 78.4 cm³/mol. The summed E-state index contributed by atoms with van der Waals surface area (Å²) in [5, 5.41) is 7.91. The zero-order chi connectivity index (χ0) is 13.8. The molecule has 0 bridgehead atoms. The highest BCUT2D eigenvalue weighted by Crippen LogP contribution is 2.19. The zero-order valence-electron chi connectivity index (χ0n) is 11.9. The van der Waals surface area contributed by atoms with Crippen molar-refractivity contribution in [2.24, 2.45) is 5.73 Å². The maximum Gasteiger partial charge on any atom is 0.152 e. The molecule has 0 fully saturated rings. The van der Waals surface area contributed by atoms with Gasteiger partial charge in [0.15, 0.2) is 5.82 Å². The Balaban J connectivity index is 2.10. The van der Waals surface area contributed by atoms with Crippen LogP contribution in [0.1, 0.15) is 45.2 Å². The Hall–Kier alpha value is -1.62. The van der Waals surface area contributed by atoms with Crippen LogP contribution in [0.5, 0.6) is 0 Å². The minimum Gasteiger partial charge on any atom is -0.368 e. The van der Waals surface area contributed by atoms with Gasteiger partial charge in [0.1, 0.15) is 5.52 Å². The third kappa shape index (κ3) is 3.44. The van der Waals surface area contributed by atoms with Crippen molar-refractivity contribution >= 4 is 11.3 Å². The number of anilines is 1. The van der Waals surface area contributed by atoms with E-state index in [0.29, 0.717) is 5.92 Å². The smallest absolute Gasteiger partial charge is 0.152 e. The molecule has 1 atom stereocenters. The second kappa shape index (κ2) is 6.02. The highest BCUT2D eigenvalue weighted by molar-refractivity contribution is 5.67. The van der Waals surface area contributed by atoms with Crippen molar-refractivity contribution in [3.05, 3.63) is 24.2 Å². The van der Waals surface area contributed by atoms with Crippen LogP contribution in [-0.2, 0) is 0 Å². The number of fused-ring (bicyclic) bond motifs is 1. The topological polar surface area (TPSA) is 68.2 Å². The van der Waals surface area contributed by atoms with Crippen LogP contribution in [0.2, 0.25) is 0 Å². The number of aromatic nitrogens is 3. The Morgan fingerprint density at radius 3 is 2.84 bits per heavy atom. The lowest BCUT2D eigenvalue weighted by molar-refractivity contribution is 0.639. The van der Waals surface area contributed by atoms with Gasteiger partial charge in [-0.25, -0.2) is 9.50 Å². The van der Waals surface area contributed by atoms with Crippen molar-refractivity contribution in [3.63, 3.8) is 0 Å². The molecule has 19 heavy (non-hydrogen) atoms. The minimum absolute atomic E-state index is 0.257. The summed E-state index contributed by atoms with van der Waals surface area (Å²) in [6.45, 7) is 7.21. The first-order valence-corrected chi connectivity index (χ1v) is 6.91. The third-order valence-corrected chi connectivity index (χ3v) is 3.13. The van der Waals surface area contributed by atoms with Gasteiger partial charge >= 0.3 is 0 Å². The average Bonchev–Trinajstić information content (AvgIpc) is 2.79. The van der Waals surface area contributed by atoms with Crippen LogP contribution in [0.4, 0.5) is 5.82 Å². The van der Waals surface area contributed by atoms with Crippen LogP contribution in [0.3, 0.4) is 0 Å². The van der Waals surface area contributed by atoms with Crippen LogP contribution in [0.25, 0.3) is 5.52 Å². The molecule has 0 spiro atoms. The van der Waals surface area contributed by atoms with E-state index in [2.05, 4.69) is 35.3 Å². The van der Waals surface area contributed by atoms with Crippen molar-refractivity contribution in [3.8, 4) is 0 Å². The summed E-state index contributed by atoms with van der Waals surface area (Å²) >= 11 is 0. The van der Waals surface area contributed by atoms with Crippen molar-refractivity contribution in [1.29, 1.82) is 0 Å². The highest BCUT2D eigenvalue weighted by atomic mass is 15.2. The highest BCUT2D eigenvalue weighted by Gasteiger charge is 2.09. The molecule has 2 aromatic rings. The molecule has 0 aromatic carbocycles. The normalized spacial score (nSPS) is 13.1. The summed E-state index contributed by atoms with van der Waals surface area (Å²) in [7, 11) is 0. The second-order valence-electron chi connectivity index (χ2n) is 5.38. The first-order valence-electron chi connectivity index (χ1n) is 6.91. The standard InChI is InChI=1S/C14H23N5/c1-10(2)12-9-13-14(16-6-4-5-11(3)15)17-7-8-19(13)18-12/h7-11H,4-6,15H2,1-3H3,(H,16,17). The van der Waals surface area contributed by atoms with Crippen LogP contribution in [0, 0.1) is 0 Å². The molecule has 0 amide bonds. The predicted octanol–water partition coefficient (Wildman–Crippen LogP) is 2.39. The van der Waals surface area contributed by atoms with Gasteiger partial charge in [-0.3, -0.25) is 0 Å². The summed E-state index contributed by atoms with van der Waals surface area (Å²) in [6.07, 6.45) is 5.73. The monoisotopic (exact) mass is 261 g/mol. The molecule has 2 rings (SSSR count). The van der Waals surface area contributed by atoms with Crippen molar-refractivity contribution < 1.29 is 0 Å². The van der Waals surface area contributed by atoms with Gasteiger partial charge in [0.05, 0.1) is 5.69 Å². The van der Waals surface area contributed by atoms with Gasteiger partial charge < -0.3 is 11.1 Å². The Labute approximate surface area is 114 Å². The molecule has 0 aliphatic heterocycles. The van der Waals surface area contributed by atoms with E-state index in [1.54, 1.807) is 6.20 Å². The van der Waals surface area contributed by atoms with E-state index in [1.807, 2.05) is 17.6 Å². The minimum atomic E-state index is 0.257. The van der Waals surface area contributed by atoms with Crippen LogP contribution >= 0.6 is 0 Å². The fraction of sp³-hybridized carbons (Fsp3) is 0.571. The molecule has 0 aliphatic rings. The molecule has 104 valence electrons. The first kappa shape index (κ1) is 13.8. The van der Waals surface area contributed by atoms with E-state index in [9.17, 15) is 0 Å². The lowest BCUT2D eigenvalue weighted by Crippen LogP contribution is -2.16. The molecule has 3 N–H and O–H groups in total. The van der Waals surface area contributed by atoms with Crippen molar-refractivity contribution in [1.82, 2.24) is 14.6 Å². The number of hydrogen-bond donors (Lipinski definition) is 2. The summed E-state index contributed by atoms with van der Waals surface area (Å²) in [4.78, 5) is 4.39. The Morgan fingerprint density at radius 1 is 1.37 bits per heavy atom. The van der Waals surface area contributed by atoms with Gasteiger partial charge in [-0.15, -0.1) is 0 Å². The third-order valence-electron chi connectivity index (χ3n) is 3.13. The Kier molecular flexibility index (Phi) is 4.37. The SMILES string of the molecule is CC(N)CCCNc1nccn2nc(C(C)C)cc12. The molecule has 5 nitrogen and oxygen atoms in total. The first-order chi connectivity index (χ1) is 9.08. The van der Waals surface area contributed by atoms with Gasteiger partial charge in [0.25, 0.3) is 0 Å². The largest absolute Gasteiger partial charge is 0.368 e. The van der Waals surface area contributed by atoms with Crippen molar-refractivity contribution in [2.75, 3.05) is 11.9 Å². The number of rotatable bonds is 6. The maximum atomic E-state index is 5.74. The summed E-state index contributed by atoms with van der Waals surface area (Å²) in [5.41, 5.74) is 7.87.